The molecule has 0 atom stereocenters. The molecule has 0 spiro atoms. The maximum absolute atomic E-state index is 12.4. The molecule has 1 aromatic heterocycles. The molecule has 1 fully saturated rings. The molecule has 0 radical (unpaired) electrons. The molecular weight excluding hydrogens is 361 g/mol. The summed E-state index contributed by atoms with van der Waals surface area (Å²) in [5.74, 6) is -1.04. The van der Waals surface area contributed by atoms with Crippen LogP contribution in [0.25, 0.3) is 0 Å². The van der Waals surface area contributed by atoms with E-state index >= 15 is 0 Å². The highest BCUT2D eigenvalue weighted by Crippen LogP contribution is 2.36. The third-order valence-corrected chi connectivity index (χ3v) is 6.74. The lowest BCUT2D eigenvalue weighted by Gasteiger charge is -2.30. The van der Waals surface area contributed by atoms with Crippen LogP contribution in [-0.4, -0.2) is 49.6 Å². The third kappa shape index (κ3) is 4.08. The Hall–Kier alpha value is -0.380. The van der Waals surface area contributed by atoms with Crippen molar-refractivity contribution in [3.8, 4) is 0 Å². The van der Waals surface area contributed by atoms with Crippen molar-refractivity contribution in [1.29, 1.82) is 0 Å². The molecule has 0 saturated carbocycles. The first kappa shape index (κ1) is 17.0. The van der Waals surface area contributed by atoms with Crippen molar-refractivity contribution in [3.63, 3.8) is 0 Å². The van der Waals surface area contributed by atoms with E-state index in [1.807, 2.05) is 0 Å². The monoisotopic (exact) mass is 373 g/mol. The largest absolute Gasteiger partial charge is 0.480 e. The van der Waals surface area contributed by atoms with Gasteiger partial charge in [-0.25, -0.2) is 13.2 Å². The van der Waals surface area contributed by atoms with Gasteiger partial charge < -0.3 is 9.84 Å². The molecule has 1 saturated heterocycles. The molecule has 0 bridgehead atoms. The van der Waals surface area contributed by atoms with E-state index in [0.29, 0.717) is 17.2 Å². The SMILES string of the molecule is O=C(O)COC1CCN(S(=O)(=O)c2cc(Cl)sc2Cl)CC1. The minimum atomic E-state index is -3.67. The molecule has 0 aliphatic carbocycles. The molecule has 21 heavy (non-hydrogen) atoms. The summed E-state index contributed by atoms with van der Waals surface area (Å²) < 4.78 is 31.8. The standard InChI is InChI=1S/C11H13Cl2NO5S2/c12-9-5-8(11(13)20-9)21(17,18)14-3-1-7(2-4-14)19-6-10(15)16/h5,7H,1-4,6H2,(H,15,16). The number of halogens is 2. The maximum Gasteiger partial charge on any atom is 0.329 e. The predicted octanol–water partition coefficient (Wildman–Crippen LogP) is 2.31. The van der Waals surface area contributed by atoms with Gasteiger partial charge in [0.1, 0.15) is 15.8 Å². The van der Waals surface area contributed by atoms with Crippen molar-refractivity contribution < 1.29 is 23.1 Å². The Balaban J connectivity index is 2.01. The number of hydrogen-bond donors (Lipinski definition) is 1. The van der Waals surface area contributed by atoms with Gasteiger partial charge in [0.2, 0.25) is 10.0 Å². The number of piperidine rings is 1. The third-order valence-electron chi connectivity index (χ3n) is 3.09. The molecule has 0 amide bonds. The van der Waals surface area contributed by atoms with Crippen molar-refractivity contribution in [2.75, 3.05) is 19.7 Å². The number of sulfonamides is 1. The summed E-state index contributed by atoms with van der Waals surface area (Å²) in [5.41, 5.74) is 0. The smallest absolute Gasteiger partial charge is 0.329 e. The van der Waals surface area contributed by atoms with E-state index in [4.69, 9.17) is 33.0 Å². The highest BCUT2D eigenvalue weighted by Gasteiger charge is 2.32. The second kappa shape index (κ2) is 6.80. The first-order valence-electron chi connectivity index (χ1n) is 6.09. The summed E-state index contributed by atoms with van der Waals surface area (Å²) in [4.78, 5) is 10.5. The Morgan fingerprint density at radius 2 is 2.05 bits per heavy atom. The molecule has 2 rings (SSSR count). The van der Waals surface area contributed by atoms with Gasteiger partial charge in [-0.3, -0.25) is 0 Å². The zero-order valence-electron chi connectivity index (χ0n) is 10.8. The fraction of sp³-hybridized carbons (Fsp3) is 0.545. The number of thiophene rings is 1. The molecule has 1 aliphatic heterocycles. The highest BCUT2D eigenvalue weighted by atomic mass is 35.5. The van der Waals surface area contributed by atoms with Gasteiger partial charge in [-0.2, -0.15) is 4.31 Å². The van der Waals surface area contributed by atoms with Crippen LogP contribution in [0, 0.1) is 0 Å². The first-order chi connectivity index (χ1) is 9.80. The minimum Gasteiger partial charge on any atom is -0.480 e. The lowest BCUT2D eigenvalue weighted by Crippen LogP contribution is -2.41. The molecular formula is C11H13Cl2NO5S2. The maximum atomic E-state index is 12.4. The van der Waals surface area contributed by atoms with E-state index in [1.165, 1.54) is 10.4 Å². The molecule has 10 heteroatoms. The van der Waals surface area contributed by atoms with E-state index in [9.17, 15) is 13.2 Å². The lowest BCUT2D eigenvalue weighted by molar-refractivity contribution is -0.145. The summed E-state index contributed by atoms with van der Waals surface area (Å²) in [6.07, 6.45) is 0.651. The number of hydrogen-bond acceptors (Lipinski definition) is 5. The molecule has 118 valence electrons. The van der Waals surface area contributed by atoms with Crippen molar-refractivity contribution in [2.45, 2.75) is 23.8 Å². The van der Waals surface area contributed by atoms with Gasteiger partial charge in [0, 0.05) is 13.1 Å². The molecule has 1 aromatic rings. The Bertz CT molecular complexity index is 623. The van der Waals surface area contributed by atoms with E-state index in [-0.39, 0.29) is 35.0 Å². The van der Waals surface area contributed by atoms with Gasteiger partial charge in [-0.05, 0) is 18.9 Å². The van der Waals surface area contributed by atoms with Crippen molar-refractivity contribution in [3.05, 3.63) is 14.7 Å². The zero-order valence-corrected chi connectivity index (χ0v) is 13.9. The number of carboxylic acids is 1. The average Bonchev–Trinajstić information content (AvgIpc) is 2.76. The summed E-state index contributed by atoms with van der Waals surface area (Å²) in [7, 11) is -3.67. The summed E-state index contributed by atoms with van der Waals surface area (Å²) in [5, 5.41) is 8.55. The van der Waals surface area contributed by atoms with Crippen LogP contribution in [0.5, 0.6) is 0 Å². The second-order valence-corrected chi connectivity index (χ2v) is 8.69. The number of nitrogens with zero attached hydrogens (tertiary/aromatic N) is 1. The number of carboxylic acid groups (broad SMARTS) is 1. The number of rotatable bonds is 5. The van der Waals surface area contributed by atoms with Crippen LogP contribution in [0.1, 0.15) is 12.8 Å². The Kier molecular flexibility index (Phi) is 5.50. The first-order valence-corrected chi connectivity index (χ1v) is 9.10. The average molecular weight is 374 g/mol. The van der Waals surface area contributed by atoms with E-state index in [0.717, 1.165) is 11.3 Å². The molecule has 2 heterocycles. The van der Waals surface area contributed by atoms with E-state index < -0.39 is 16.0 Å². The number of carbonyl (C=O) groups is 1. The van der Waals surface area contributed by atoms with Crippen molar-refractivity contribution in [2.24, 2.45) is 0 Å². The van der Waals surface area contributed by atoms with Gasteiger partial charge in [0.05, 0.1) is 10.4 Å². The normalized spacial score (nSPS) is 18.0. The quantitative estimate of drug-likeness (QED) is 0.855. The van der Waals surface area contributed by atoms with Crippen LogP contribution < -0.4 is 0 Å². The molecule has 0 aromatic carbocycles. The van der Waals surface area contributed by atoms with Gasteiger partial charge in [-0.1, -0.05) is 23.2 Å². The summed E-state index contributed by atoms with van der Waals surface area (Å²) >= 11 is 12.7. The van der Waals surface area contributed by atoms with Crippen LogP contribution in [0.15, 0.2) is 11.0 Å². The second-order valence-electron chi connectivity index (χ2n) is 4.50. The Morgan fingerprint density at radius 3 is 2.52 bits per heavy atom. The minimum absolute atomic E-state index is 0.0177. The fourth-order valence-corrected chi connectivity index (χ4v) is 5.65. The van der Waals surface area contributed by atoms with Crippen molar-refractivity contribution in [1.82, 2.24) is 4.31 Å². The van der Waals surface area contributed by atoms with Gasteiger partial charge in [0.25, 0.3) is 0 Å². The van der Waals surface area contributed by atoms with Crippen molar-refractivity contribution >= 4 is 50.5 Å². The Morgan fingerprint density at radius 1 is 1.43 bits per heavy atom. The van der Waals surface area contributed by atoms with Crippen LogP contribution in [0.4, 0.5) is 0 Å². The van der Waals surface area contributed by atoms with Crippen LogP contribution in [-0.2, 0) is 19.6 Å². The van der Waals surface area contributed by atoms with Gasteiger partial charge >= 0.3 is 5.97 Å². The summed E-state index contributed by atoms with van der Waals surface area (Å²) in [6, 6.07) is 1.34. The van der Waals surface area contributed by atoms with E-state index in [1.54, 1.807) is 0 Å². The van der Waals surface area contributed by atoms with Gasteiger partial charge in [-0.15, -0.1) is 11.3 Å². The topological polar surface area (TPSA) is 83.9 Å². The van der Waals surface area contributed by atoms with Crippen LogP contribution in [0.2, 0.25) is 8.67 Å². The Labute approximate surface area is 136 Å². The molecule has 6 nitrogen and oxygen atoms in total. The van der Waals surface area contributed by atoms with E-state index in [2.05, 4.69) is 0 Å². The number of ether oxygens (including phenoxy) is 1. The van der Waals surface area contributed by atoms with Crippen LogP contribution in [0.3, 0.4) is 0 Å². The summed E-state index contributed by atoms with van der Waals surface area (Å²) in [6.45, 7) is 0.149. The molecule has 0 unspecified atom stereocenters. The van der Waals surface area contributed by atoms with Gasteiger partial charge in [0.15, 0.2) is 0 Å². The predicted molar refractivity (Wildman–Crippen MR) is 79.7 cm³/mol. The molecule has 1 N–H and O–H groups in total. The zero-order chi connectivity index (χ0) is 15.6. The lowest BCUT2D eigenvalue weighted by atomic mass is 10.1. The fourth-order valence-electron chi connectivity index (χ4n) is 2.07. The highest BCUT2D eigenvalue weighted by molar-refractivity contribution is 7.89. The van der Waals surface area contributed by atoms with Crippen LogP contribution >= 0.6 is 34.5 Å². The number of aliphatic carboxylic acids is 1. The molecule has 1 aliphatic rings.